The van der Waals surface area contributed by atoms with E-state index in [0.717, 1.165) is 31.6 Å². The molecule has 0 bridgehead atoms. The first kappa shape index (κ1) is 17.2. The number of aromatic amines is 1. The molecule has 1 aromatic heterocycles. The molecule has 0 unspecified atom stereocenters. The van der Waals surface area contributed by atoms with Gasteiger partial charge in [-0.05, 0) is 55.5 Å². The van der Waals surface area contributed by atoms with Crippen LogP contribution in [0.1, 0.15) is 42.1 Å². The zero-order valence-corrected chi connectivity index (χ0v) is 14.1. The Kier molecular flexibility index (Phi) is 4.88. The standard InChI is InChI=1S/C19H21FN2O3/c1-2-12-10-15(19(24)25)18(23)21-17(12)14-7-6-13(11-16(14)20)22-8-4-3-5-9-22/h6-7,10-11H,2-5,8-9H2,1H3,(H,21,23)(H,24,25). The van der Waals surface area contributed by atoms with Gasteiger partial charge in [0.2, 0.25) is 0 Å². The molecule has 3 rings (SSSR count). The molecular weight excluding hydrogens is 323 g/mol. The van der Waals surface area contributed by atoms with Gasteiger partial charge < -0.3 is 15.0 Å². The Labute approximate surface area is 145 Å². The number of piperidine rings is 1. The number of hydrogen-bond acceptors (Lipinski definition) is 3. The van der Waals surface area contributed by atoms with Gasteiger partial charge in [-0.15, -0.1) is 0 Å². The van der Waals surface area contributed by atoms with Crippen molar-refractivity contribution in [3.63, 3.8) is 0 Å². The molecule has 0 spiro atoms. The summed E-state index contributed by atoms with van der Waals surface area (Å²) in [6.45, 7) is 3.68. The van der Waals surface area contributed by atoms with E-state index in [1.54, 1.807) is 6.07 Å². The first-order valence-electron chi connectivity index (χ1n) is 8.55. The Bertz CT molecular complexity index is 854. The second-order valence-electron chi connectivity index (χ2n) is 6.28. The molecule has 25 heavy (non-hydrogen) atoms. The van der Waals surface area contributed by atoms with Gasteiger partial charge in [-0.1, -0.05) is 6.92 Å². The van der Waals surface area contributed by atoms with Crippen molar-refractivity contribution in [1.29, 1.82) is 0 Å². The molecule has 6 heteroatoms. The lowest BCUT2D eigenvalue weighted by molar-refractivity contribution is 0.0695. The first-order valence-corrected chi connectivity index (χ1v) is 8.55. The molecule has 1 aliphatic heterocycles. The van der Waals surface area contributed by atoms with Crippen molar-refractivity contribution >= 4 is 11.7 Å². The Balaban J connectivity index is 2.03. The number of anilines is 1. The highest BCUT2D eigenvalue weighted by Crippen LogP contribution is 2.29. The number of halogens is 1. The predicted octanol–water partition coefficient (Wildman–Crippen LogP) is 3.43. The first-order chi connectivity index (χ1) is 12.0. The number of aromatic carboxylic acids is 1. The number of aromatic nitrogens is 1. The molecular formula is C19H21FN2O3. The fraction of sp³-hybridized carbons (Fsp3) is 0.368. The van der Waals surface area contributed by atoms with Crippen LogP contribution in [0.25, 0.3) is 11.3 Å². The third kappa shape index (κ3) is 3.43. The van der Waals surface area contributed by atoms with Gasteiger partial charge in [-0.3, -0.25) is 4.79 Å². The number of benzene rings is 1. The largest absolute Gasteiger partial charge is 0.477 e. The summed E-state index contributed by atoms with van der Waals surface area (Å²) in [6.07, 6.45) is 3.90. The maximum absolute atomic E-state index is 14.7. The highest BCUT2D eigenvalue weighted by atomic mass is 19.1. The minimum Gasteiger partial charge on any atom is -0.477 e. The summed E-state index contributed by atoms with van der Waals surface area (Å²) in [4.78, 5) is 27.8. The molecule has 0 radical (unpaired) electrons. The van der Waals surface area contributed by atoms with Gasteiger partial charge in [0.1, 0.15) is 11.4 Å². The van der Waals surface area contributed by atoms with Crippen molar-refractivity contribution < 1.29 is 14.3 Å². The molecule has 0 aliphatic carbocycles. The van der Waals surface area contributed by atoms with Crippen molar-refractivity contribution in [1.82, 2.24) is 4.98 Å². The minimum absolute atomic E-state index is 0.284. The third-order valence-electron chi connectivity index (χ3n) is 4.68. The smallest absolute Gasteiger partial charge is 0.341 e. The van der Waals surface area contributed by atoms with Crippen LogP contribution in [-0.2, 0) is 6.42 Å². The number of nitrogens with zero attached hydrogens (tertiary/aromatic N) is 1. The highest BCUT2D eigenvalue weighted by Gasteiger charge is 2.18. The average Bonchev–Trinajstić information content (AvgIpc) is 2.62. The monoisotopic (exact) mass is 344 g/mol. The number of rotatable bonds is 4. The minimum atomic E-state index is -1.29. The number of carboxylic acids is 1. The maximum atomic E-state index is 14.7. The van der Waals surface area contributed by atoms with Crippen LogP contribution in [0.3, 0.4) is 0 Å². The fourth-order valence-corrected chi connectivity index (χ4v) is 3.31. The van der Waals surface area contributed by atoms with E-state index in [9.17, 15) is 14.0 Å². The topological polar surface area (TPSA) is 73.4 Å². The van der Waals surface area contributed by atoms with Crippen LogP contribution >= 0.6 is 0 Å². The van der Waals surface area contributed by atoms with Crippen LogP contribution in [0.2, 0.25) is 0 Å². The molecule has 1 saturated heterocycles. The second-order valence-corrected chi connectivity index (χ2v) is 6.28. The molecule has 0 saturated carbocycles. The molecule has 1 aromatic carbocycles. The molecule has 0 amide bonds. The number of carbonyl (C=O) groups is 1. The van der Waals surface area contributed by atoms with E-state index in [0.29, 0.717) is 17.7 Å². The molecule has 2 N–H and O–H groups in total. The highest BCUT2D eigenvalue weighted by molar-refractivity contribution is 5.88. The van der Waals surface area contributed by atoms with E-state index in [-0.39, 0.29) is 11.1 Å². The van der Waals surface area contributed by atoms with Gasteiger partial charge in [0.25, 0.3) is 5.56 Å². The van der Waals surface area contributed by atoms with Crippen LogP contribution in [0, 0.1) is 5.82 Å². The summed E-state index contributed by atoms with van der Waals surface area (Å²) in [5.74, 6) is -1.71. The quantitative estimate of drug-likeness (QED) is 0.891. The number of nitrogens with one attached hydrogen (secondary N) is 1. The zero-order valence-electron chi connectivity index (χ0n) is 14.1. The van der Waals surface area contributed by atoms with E-state index in [1.807, 2.05) is 13.0 Å². The Hall–Kier alpha value is -2.63. The lowest BCUT2D eigenvalue weighted by Crippen LogP contribution is -2.29. The number of hydrogen-bond donors (Lipinski definition) is 2. The van der Waals surface area contributed by atoms with E-state index < -0.39 is 17.3 Å². The van der Waals surface area contributed by atoms with Crippen LogP contribution in [0.15, 0.2) is 29.1 Å². The van der Waals surface area contributed by atoms with Crippen LogP contribution in [-0.4, -0.2) is 29.1 Å². The van der Waals surface area contributed by atoms with Crippen LogP contribution in [0.5, 0.6) is 0 Å². The third-order valence-corrected chi connectivity index (χ3v) is 4.68. The van der Waals surface area contributed by atoms with Gasteiger partial charge in [-0.25, -0.2) is 9.18 Å². The summed E-state index contributed by atoms with van der Waals surface area (Å²) in [5, 5.41) is 9.08. The van der Waals surface area contributed by atoms with E-state index in [2.05, 4.69) is 9.88 Å². The van der Waals surface area contributed by atoms with Crippen molar-refractivity contribution in [2.24, 2.45) is 0 Å². The summed E-state index contributed by atoms with van der Waals surface area (Å²) in [5.41, 5.74) is 1.02. The fourth-order valence-electron chi connectivity index (χ4n) is 3.31. The zero-order chi connectivity index (χ0) is 18.0. The normalized spacial score (nSPS) is 14.6. The summed E-state index contributed by atoms with van der Waals surface area (Å²) >= 11 is 0. The summed E-state index contributed by atoms with van der Waals surface area (Å²) < 4.78 is 14.7. The van der Waals surface area contributed by atoms with Gasteiger partial charge >= 0.3 is 5.97 Å². The van der Waals surface area contributed by atoms with Gasteiger partial charge in [0, 0.05) is 24.3 Å². The van der Waals surface area contributed by atoms with Gasteiger partial charge in [0.15, 0.2) is 0 Å². The van der Waals surface area contributed by atoms with Gasteiger partial charge in [0.05, 0.1) is 5.69 Å². The average molecular weight is 344 g/mol. The number of carboxylic acid groups (broad SMARTS) is 1. The van der Waals surface area contributed by atoms with Crippen molar-refractivity contribution in [3.8, 4) is 11.3 Å². The van der Waals surface area contributed by atoms with E-state index >= 15 is 0 Å². The van der Waals surface area contributed by atoms with Crippen LogP contribution in [0.4, 0.5) is 10.1 Å². The maximum Gasteiger partial charge on any atom is 0.341 e. The predicted molar refractivity (Wildman–Crippen MR) is 94.9 cm³/mol. The van der Waals surface area contributed by atoms with Crippen molar-refractivity contribution in [2.75, 3.05) is 18.0 Å². The number of H-pyrrole nitrogens is 1. The Morgan fingerprint density at radius 1 is 1.24 bits per heavy atom. The molecule has 2 aromatic rings. The molecule has 5 nitrogen and oxygen atoms in total. The summed E-state index contributed by atoms with van der Waals surface area (Å²) in [7, 11) is 0. The Morgan fingerprint density at radius 3 is 2.56 bits per heavy atom. The second kappa shape index (κ2) is 7.09. The molecule has 1 fully saturated rings. The lowest BCUT2D eigenvalue weighted by Gasteiger charge is -2.29. The molecule has 2 heterocycles. The Morgan fingerprint density at radius 2 is 1.96 bits per heavy atom. The lowest BCUT2D eigenvalue weighted by atomic mass is 10.0. The van der Waals surface area contributed by atoms with Crippen molar-refractivity contribution in [3.05, 3.63) is 51.6 Å². The molecule has 1 aliphatic rings. The van der Waals surface area contributed by atoms with Crippen LogP contribution < -0.4 is 10.5 Å². The molecule has 132 valence electrons. The molecule has 0 atom stereocenters. The SMILES string of the molecule is CCc1cc(C(=O)O)c(=O)[nH]c1-c1ccc(N2CCCCC2)cc1F. The van der Waals surface area contributed by atoms with E-state index in [1.165, 1.54) is 18.6 Å². The number of pyridine rings is 1. The summed E-state index contributed by atoms with van der Waals surface area (Å²) in [6, 6.07) is 6.33. The van der Waals surface area contributed by atoms with Crippen molar-refractivity contribution in [2.45, 2.75) is 32.6 Å². The van der Waals surface area contributed by atoms with E-state index in [4.69, 9.17) is 5.11 Å². The van der Waals surface area contributed by atoms with Gasteiger partial charge in [-0.2, -0.15) is 0 Å². The number of aryl methyl sites for hydroxylation is 1.